The van der Waals surface area contributed by atoms with Crippen molar-refractivity contribution in [2.24, 2.45) is 16.0 Å². The van der Waals surface area contributed by atoms with Crippen LogP contribution in [-0.2, 0) is 16.0 Å². The lowest BCUT2D eigenvalue weighted by Crippen LogP contribution is -2.30. The highest BCUT2D eigenvalue weighted by Crippen LogP contribution is 2.30. The van der Waals surface area contributed by atoms with Crippen LogP contribution in [0.1, 0.15) is 28.0 Å². The minimum absolute atomic E-state index is 0.174. The molecular formula is C29H27Cl2N9O3S. The van der Waals surface area contributed by atoms with E-state index in [9.17, 15) is 9.59 Å². The number of hydrogen-bond donors (Lipinski definition) is 3. The number of nitrogens with two attached hydrogens (primary N) is 1. The number of halogens is 2. The predicted octanol–water partition coefficient (Wildman–Crippen LogP) is 5.83. The second kappa shape index (κ2) is 15.2. The molecule has 12 nitrogen and oxygen atoms in total. The molecule has 0 saturated carbocycles. The summed E-state index contributed by atoms with van der Waals surface area (Å²) < 4.78 is 4.63. The SMILES string of the molecule is C=N/N=C\N(N)c1ccc(Cl)cc1/C=C/C(=O)N[C@@H](Cc1nc(C)cs1)c1cc(-c2ccc(NC(=O)OC)cc2)c(Cl)nn1. The standard InChI is InChI=1S/C29H27Cl2N9O3S/c1-17-15-44-27(35-17)14-23(37-26(41)11-6-19-12-20(30)7-10-25(19)40(32)16-34-33-2)24-13-22(28(31)39-38-24)18-4-8-21(9-5-18)36-29(42)43-3/h4-13,15-16,23H,2,14,32H2,1,3H3,(H,36,42)(H,37,41)/b11-6+,34-16-/t23-/m0/s1. The Morgan fingerprint density at radius 1 is 1.18 bits per heavy atom. The molecule has 0 bridgehead atoms. The van der Waals surface area contributed by atoms with Crippen LogP contribution < -0.4 is 21.5 Å². The molecule has 2 amide bonds. The Labute approximate surface area is 267 Å². The number of rotatable bonds is 11. The average Bonchev–Trinajstić information content (AvgIpc) is 3.43. The smallest absolute Gasteiger partial charge is 0.411 e. The summed E-state index contributed by atoms with van der Waals surface area (Å²) in [7, 11) is 1.28. The number of hydrazine groups is 1. The minimum atomic E-state index is -0.600. The third-order valence-electron chi connectivity index (χ3n) is 6.05. The second-order valence-electron chi connectivity index (χ2n) is 9.13. The molecule has 2 aromatic heterocycles. The van der Waals surface area contributed by atoms with Gasteiger partial charge in [-0.25, -0.2) is 15.6 Å². The first-order valence-corrected chi connectivity index (χ1v) is 14.5. The lowest BCUT2D eigenvalue weighted by atomic mass is 10.0. The van der Waals surface area contributed by atoms with Crippen molar-refractivity contribution < 1.29 is 14.3 Å². The van der Waals surface area contributed by atoms with Crippen LogP contribution in [0.3, 0.4) is 0 Å². The van der Waals surface area contributed by atoms with Crippen molar-refractivity contribution in [1.82, 2.24) is 20.5 Å². The maximum atomic E-state index is 13.2. The van der Waals surface area contributed by atoms with Gasteiger partial charge >= 0.3 is 6.09 Å². The van der Waals surface area contributed by atoms with Crippen molar-refractivity contribution >= 4 is 77.0 Å². The van der Waals surface area contributed by atoms with Gasteiger partial charge in [0.05, 0.1) is 29.5 Å². The first-order chi connectivity index (χ1) is 21.2. The number of aryl methyl sites for hydroxylation is 1. The molecule has 2 heterocycles. The number of nitrogens with one attached hydrogen (secondary N) is 2. The maximum absolute atomic E-state index is 13.2. The summed E-state index contributed by atoms with van der Waals surface area (Å²) in [5.74, 6) is 5.65. The lowest BCUT2D eigenvalue weighted by molar-refractivity contribution is -0.117. The minimum Gasteiger partial charge on any atom is -0.453 e. The Balaban J connectivity index is 1.62. The van der Waals surface area contributed by atoms with E-state index >= 15 is 0 Å². The van der Waals surface area contributed by atoms with Gasteiger partial charge in [0.15, 0.2) is 5.15 Å². The molecule has 0 aliphatic heterocycles. The highest BCUT2D eigenvalue weighted by atomic mass is 35.5. The van der Waals surface area contributed by atoms with Crippen LogP contribution in [0, 0.1) is 6.92 Å². The van der Waals surface area contributed by atoms with Gasteiger partial charge in [0.25, 0.3) is 0 Å². The highest BCUT2D eigenvalue weighted by molar-refractivity contribution is 7.09. The van der Waals surface area contributed by atoms with Crippen LogP contribution in [-0.4, -0.2) is 47.3 Å². The quantitative estimate of drug-likeness (QED) is 0.0600. The van der Waals surface area contributed by atoms with E-state index < -0.39 is 18.0 Å². The Hall–Kier alpha value is -4.69. The molecule has 0 radical (unpaired) electrons. The Kier molecular flexibility index (Phi) is 11.1. The van der Waals surface area contributed by atoms with Gasteiger partial charge in [-0.15, -0.1) is 21.5 Å². The molecule has 15 heteroatoms. The van der Waals surface area contributed by atoms with Crippen molar-refractivity contribution in [2.75, 3.05) is 17.4 Å². The number of carbonyl (C=O) groups excluding carboxylic acids is 2. The van der Waals surface area contributed by atoms with Gasteiger partial charge in [0.2, 0.25) is 5.91 Å². The molecule has 1 atom stereocenters. The summed E-state index contributed by atoms with van der Waals surface area (Å²) in [6.45, 7) is 5.19. The monoisotopic (exact) mass is 651 g/mol. The number of benzene rings is 2. The number of methoxy groups -OCH3 is 1. The van der Waals surface area contributed by atoms with Gasteiger partial charge in [0, 0.05) is 52.1 Å². The first kappa shape index (κ1) is 32.2. The van der Waals surface area contributed by atoms with Crippen LogP contribution in [0.4, 0.5) is 16.2 Å². The van der Waals surface area contributed by atoms with E-state index in [1.54, 1.807) is 54.6 Å². The Bertz CT molecular complexity index is 1710. The molecule has 0 spiro atoms. The van der Waals surface area contributed by atoms with E-state index in [1.165, 1.54) is 35.9 Å². The van der Waals surface area contributed by atoms with E-state index in [0.29, 0.717) is 39.6 Å². The lowest BCUT2D eigenvalue weighted by Gasteiger charge is -2.18. The van der Waals surface area contributed by atoms with Crippen LogP contribution in [0.2, 0.25) is 10.2 Å². The summed E-state index contributed by atoms with van der Waals surface area (Å²) >= 11 is 14.1. The third kappa shape index (κ3) is 8.67. The van der Waals surface area contributed by atoms with Gasteiger partial charge in [-0.2, -0.15) is 10.2 Å². The van der Waals surface area contributed by atoms with Crippen molar-refractivity contribution in [2.45, 2.75) is 19.4 Å². The number of amides is 2. The molecule has 2 aromatic carbocycles. The van der Waals surface area contributed by atoms with E-state index in [4.69, 9.17) is 29.0 Å². The van der Waals surface area contributed by atoms with Crippen LogP contribution in [0.5, 0.6) is 0 Å². The molecule has 226 valence electrons. The molecule has 0 fully saturated rings. The molecule has 44 heavy (non-hydrogen) atoms. The summed E-state index contributed by atoms with van der Waals surface area (Å²) in [5.41, 5.74) is 4.30. The number of ether oxygens (including phenoxy) is 1. The van der Waals surface area contributed by atoms with Gasteiger partial charge in [-0.1, -0.05) is 35.3 Å². The molecule has 0 saturated heterocycles. The van der Waals surface area contributed by atoms with E-state index in [1.807, 2.05) is 12.3 Å². The second-order valence-corrected chi connectivity index (χ2v) is 10.9. The number of thiazole rings is 1. The van der Waals surface area contributed by atoms with Crippen LogP contribution in [0.25, 0.3) is 17.2 Å². The fourth-order valence-electron chi connectivity index (χ4n) is 4.00. The maximum Gasteiger partial charge on any atom is 0.411 e. The van der Waals surface area contributed by atoms with Gasteiger partial charge in [0.1, 0.15) is 6.34 Å². The van der Waals surface area contributed by atoms with E-state index in [2.05, 4.69) is 47.5 Å². The average molecular weight is 653 g/mol. The molecule has 4 rings (SSSR count). The third-order valence-corrected chi connectivity index (χ3v) is 7.56. The fraction of sp³-hybridized carbons (Fsp3) is 0.138. The molecule has 4 aromatic rings. The molecular weight excluding hydrogens is 625 g/mol. The predicted molar refractivity (Wildman–Crippen MR) is 175 cm³/mol. The van der Waals surface area contributed by atoms with Crippen molar-refractivity contribution in [3.63, 3.8) is 0 Å². The first-order valence-electron chi connectivity index (χ1n) is 12.9. The van der Waals surface area contributed by atoms with Gasteiger partial charge in [-0.05, 0) is 55.0 Å². The Morgan fingerprint density at radius 2 is 1.95 bits per heavy atom. The van der Waals surface area contributed by atoms with Crippen LogP contribution >= 0.6 is 34.5 Å². The molecule has 0 aliphatic carbocycles. The zero-order valence-electron chi connectivity index (χ0n) is 23.6. The summed E-state index contributed by atoms with van der Waals surface area (Å²) in [5, 5.41) is 25.7. The van der Waals surface area contributed by atoms with Crippen molar-refractivity contribution in [3.05, 3.63) is 92.1 Å². The number of carbonyl (C=O) groups is 2. The summed E-state index contributed by atoms with van der Waals surface area (Å²) in [6.07, 6.45) is 4.00. The summed E-state index contributed by atoms with van der Waals surface area (Å²) in [6, 6.07) is 13.1. The topological polar surface area (TPSA) is 160 Å². The number of anilines is 2. The fourth-order valence-corrected chi connectivity index (χ4v) is 5.20. The number of aromatic nitrogens is 3. The number of hydrogen-bond acceptors (Lipinski definition) is 10. The van der Waals surface area contributed by atoms with E-state index in [0.717, 1.165) is 16.3 Å². The molecule has 4 N–H and O–H groups in total. The van der Waals surface area contributed by atoms with Gasteiger partial charge in [-0.3, -0.25) is 15.1 Å². The zero-order chi connectivity index (χ0) is 31.6. The normalized spacial score (nSPS) is 11.8. The highest BCUT2D eigenvalue weighted by Gasteiger charge is 2.21. The summed E-state index contributed by atoms with van der Waals surface area (Å²) in [4.78, 5) is 29.3. The van der Waals surface area contributed by atoms with E-state index in [-0.39, 0.29) is 5.15 Å². The molecule has 0 unspecified atom stereocenters. The largest absolute Gasteiger partial charge is 0.453 e. The van der Waals surface area contributed by atoms with Crippen molar-refractivity contribution in [1.29, 1.82) is 0 Å². The Morgan fingerprint density at radius 3 is 2.64 bits per heavy atom. The van der Waals surface area contributed by atoms with Crippen molar-refractivity contribution in [3.8, 4) is 11.1 Å². The zero-order valence-corrected chi connectivity index (χ0v) is 25.9. The number of nitrogens with zero attached hydrogens (tertiary/aromatic N) is 6. The molecule has 0 aliphatic rings. The van der Waals surface area contributed by atoms with Gasteiger partial charge < -0.3 is 10.1 Å². The van der Waals surface area contributed by atoms with Crippen LogP contribution in [0.15, 0.2) is 70.2 Å².